The summed E-state index contributed by atoms with van der Waals surface area (Å²) < 4.78 is -0.622. The number of amidine groups is 1. The van der Waals surface area contributed by atoms with E-state index in [1.807, 2.05) is 28.2 Å². The van der Waals surface area contributed by atoms with Crippen molar-refractivity contribution < 1.29 is 4.79 Å². The van der Waals surface area contributed by atoms with Crippen LogP contribution in [0.1, 0.15) is 30.5 Å². The summed E-state index contributed by atoms with van der Waals surface area (Å²) in [6.07, 6.45) is 0. The van der Waals surface area contributed by atoms with Gasteiger partial charge in [0.05, 0.1) is 5.69 Å². The van der Waals surface area contributed by atoms with Crippen molar-refractivity contribution in [3.8, 4) is 0 Å². The van der Waals surface area contributed by atoms with Crippen LogP contribution in [0.4, 0.5) is 27.5 Å². The van der Waals surface area contributed by atoms with Crippen LogP contribution in [0.2, 0.25) is 0 Å². The number of anilines is 3. The minimum Gasteiger partial charge on any atom is -0.378 e. The Morgan fingerprint density at radius 1 is 0.769 bits per heavy atom. The fourth-order valence-electron chi connectivity index (χ4n) is 4.87. The molecule has 0 bridgehead atoms. The number of benzene rings is 3. The number of rotatable bonds is 7. The molecule has 0 unspecified atom stereocenters. The highest BCUT2D eigenvalue weighted by molar-refractivity contribution is 8.15. The van der Waals surface area contributed by atoms with E-state index in [0.29, 0.717) is 5.17 Å². The van der Waals surface area contributed by atoms with Crippen molar-refractivity contribution in [2.24, 2.45) is 4.99 Å². The van der Waals surface area contributed by atoms with Crippen LogP contribution in [-0.4, -0.2) is 71.5 Å². The van der Waals surface area contributed by atoms with Crippen molar-refractivity contribution in [3.05, 3.63) is 83.4 Å². The minimum atomic E-state index is -0.622. The van der Waals surface area contributed by atoms with Crippen LogP contribution < -0.4 is 20.0 Å². The molecule has 0 saturated carbocycles. The topological polar surface area (TPSA) is 54.4 Å². The maximum Gasteiger partial charge on any atom is 0.322 e. The average Bonchev–Trinajstić information content (AvgIpc) is 2.93. The standard InChI is InChI=1S/C31H40N6OS/c1-9-37(10-2)26-19-20-27-28(21-26)32-29(33-30(38)36(7)8)39-31(27,22-11-15-24(16-12-22)34(3)4)23-13-17-25(18-14-23)35(5)6/h11-21H,9-10H2,1-8H3,(H,32,33,38). The van der Waals surface area contributed by atoms with Crippen molar-refractivity contribution >= 4 is 45.7 Å². The summed E-state index contributed by atoms with van der Waals surface area (Å²) in [7, 11) is 11.7. The van der Waals surface area contributed by atoms with Gasteiger partial charge in [-0.25, -0.2) is 9.79 Å². The van der Waals surface area contributed by atoms with Crippen LogP contribution in [0.5, 0.6) is 0 Å². The molecule has 1 N–H and O–H groups in total. The smallest absolute Gasteiger partial charge is 0.322 e. The Morgan fingerprint density at radius 3 is 1.69 bits per heavy atom. The number of hydrogen-bond donors (Lipinski definition) is 1. The first-order valence-corrected chi connectivity index (χ1v) is 14.1. The van der Waals surface area contributed by atoms with Gasteiger partial charge in [-0.1, -0.05) is 42.1 Å². The number of nitrogens with one attached hydrogen (secondary N) is 1. The number of carbonyl (C=O) groups excluding carboxylic acids is 1. The number of nitrogens with zero attached hydrogens (tertiary/aromatic N) is 5. The van der Waals surface area contributed by atoms with Crippen LogP contribution in [0, 0.1) is 0 Å². The molecule has 1 heterocycles. The van der Waals surface area contributed by atoms with Gasteiger partial charge in [0, 0.05) is 78.0 Å². The van der Waals surface area contributed by atoms with E-state index in [1.54, 1.807) is 25.9 Å². The van der Waals surface area contributed by atoms with Crippen molar-refractivity contribution in [1.29, 1.82) is 0 Å². The number of fused-ring (bicyclic) bond motifs is 1. The van der Waals surface area contributed by atoms with Gasteiger partial charge in [-0.3, -0.25) is 5.32 Å². The third-order valence-corrected chi connectivity index (χ3v) is 8.55. The molecule has 1 aliphatic rings. The highest BCUT2D eigenvalue weighted by atomic mass is 32.2. The van der Waals surface area contributed by atoms with E-state index in [0.717, 1.165) is 52.5 Å². The Bertz CT molecular complexity index is 1280. The lowest BCUT2D eigenvalue weighted by molar-refractivity contribution is 0.222. The number of amides is 2. The van der Waals surface area contributed by atoms with Gasteiger partial charge in [-0.2, -0.15) is 0 Å². The lowest BCUT2D eigenvalue weighted by atomic mass is 9.82. The zero-order valence-electron chi connectivity index (χ0n) is 24.3. The Morgan fingerprint density at radius 2 is 1.26 bits per heavy atom. The predicted octanol–water partition coefficient (Wildman–Crippen LogP) is 5.96. The van der Waals surface area contributed by atoms with Crippen molar-refractivity contribution in [2.45, 2.75) is 18.6 Å². The molecule has 39 heavy (non-hydrogen) atoms. The SMILES string of the molecule is CCN(CC)c1ccc2c(c1)N=C(NC(=O)N(C)C)SC2(c1ccc(N(C)C)cc1)c1ccc(N(C)C)cc1. The molecule has 206 valence electrons. The van der Waals surface area contributed by atoms with Crippen molar-refractivity contribution in [2.75, 3.05) is 70.1 Å². The normalized spacial score (nSPS) is 13.7. The summed E-state index contributed by atoms with van der Waals surface area (Å²) in [6.45, 7) is 6.13. The van der Waals surface area contributed by atoms with E-state index < -0.39 is 4.75 Å². The molecule has 0 fully saturated rings. The van der Waals surface area contributed by atoms with E-state index in [9.17, 15) is 4.79 Å². The van der Waals surface area contributed by atoms with E-state index in [2.05, 4.69) is 101 Å². The second-order valence-corrected chi connectivity index (χ2v) is 11.5. The number of urea groups is 1. The second kappa shape index (κ2) is 11.6. The van der Waals surface area contributed by atoms with Gasteiger partial charge in [-0.05, 0) is 61.4 Å². The van der Waals surface area contributed by atoms with Crippen molar-refractivity contribution in [3.63, 3.8) is 0 Å². The van der Waals surface area contributed by atoms with E-state index in [1.165, 1.54) is 4.90 Å². The third-order valence-electron chi connectivity index (χ3n) is 7.16. The molecule has 0 spiro atoms. The van der Waals surface area contributed by atoms with Crippen LogP contribution in [-0.2, 0) is 4.75 Å². The van der Waals surface area contributed by atoms with Gasteiger partial charge >= 0.3 is 6.03 Å². The Balaban J connectivity index is 2.00. The third kappa shape index (κ3) is 5.57. The van der Waals surface area contributed by atoms with E-state index in [-0.39, 0.29) is 6.03 Å². The Kier molecular flexibility index (Phi) is 8.45. The summed E-state index contributed by atoms with van der Waals surface area (Å²) in [5.74, 6) is 0. The van der Waals surface area contributed by atoms with Crippen LogP contribution >= 0.6 is 11.8 Å². The van der Waals surface area contributed by atoms with Crippen LogP contribution in [0.15, 0.2) is 71.7 Å². The summed E-state index contributed by atoms with van der Waals surface area (Å²) in [5, 5.41) is 3.63. The molecule has 3 aromatic rings. The lowest BCUT2D eigenvalue weighted by Gasteiger charge is -2.39. The van der Waals surface area contributed by atoms with E-state index in [4.69, 9.17) is 4.99 Å². The molecule has 0 saturated heterocycles. The second-order valence-electron chi connectivity index (χ2n) is 10.3. The van der Waals surface area contributed by atoms with Gasteiger partial charge in [-0.15, -0.1) is 0 Å². The molecule has 8 heteroatoms. The molecule has 2 amide bonds. The molecule has 3 aromatic carbocycles. The van der Waals surface area contributed by atoms with Gasteiger partial charge < -0.3 is 19.6 Å². The summed E-state index contributed by atoms with van der Waals surface area (Å²) in [4.78, 5) is 25.9. The average molecular weight is 545 g/mol. The van der Waals surface area contributed by atoms with Gasteiger partial charge in [0.1, 0.15) is 4.75 Å². The first-order chi connectivity index (χ1) is 18.6. The Hall–Kier alpha value is -3.65. The Labute approximate surface area is 237 Å². The van der Waals surface area contributed by atoms with Gasteiger partial charge in [0.2, 0.25) is 0 Å². The largest absolute Gasteiger partial charge is 0.378 e. The minimum absolute atomic E-state index is 0.204. The fraction of sp³-hybridized carbons (Fsp3) is 0.355. The number of hydrogen-bond acceptors (Lipinski definition) is 6. The molecule has 7 nitrogen and oxygen atoms in total. The van der Waals surface area contributed by atoms with Crippen molar-refractivity contribution in [1.82, 2.24) is 10.2 Å². The molecular formula is C31H40N6OS. The zero-order chi connectivity index (χ0) is 28.3. The molecular weight excluding hydrogens is 504 g/mol. The first kappa shape index (κ1) is 28.4. The number of carbonyl (C=O) groups is 1. The molecule has 0 atom stereocenters. The quantitative estimate of drug-likeness (QED) is 0.398. The summed E-state index contributed by atoms with van der Waals surface area (Å²) in [5.41, 5.74) is 7.58. The molecule has 1 aliphatic heterocycles. The fourth-order valence-corrected chi connectivity index (χ4v) is 6.23. The number of thioether (sulfide) groups is 1. The van der Waals surface area contributed by atoms with Gasteiger partial charge in [0.15, 0.2) is 5.17 Å². The molecule has 0 aromatic heterocycles. The van der Waals surface area contributed by atoms with Crippen LogP contribution in [0.3, 0.4) is 0 Å². The first-order valence-electron chi connectivity index (χ1n) is 13.3. The monoisotopic (exact) mass is 544 g/mol. The molecule has 4 rings (SSSR count). The maximum atomic E-state index is 12.8. The number of aliphatic imine (C=N–C) groups is 1. The highest BCUT2D eigenvalue weighted by Gasteiger charge is 2.43. The summed E-state index contributed by atoms with van der Waals surface area (Å²) in [6, 6.07) is 23.7. The predicted molar refractivity (Wildman–Crippen MR) is 168 cm³/mol. The lowest BCUT2D eigenvalue weighted by Crippen LogP contribution is -2.41. The summed E-state index contributed by atoms with van der Waals surface area (Å²) >= 11 is 1.58. The zero-order valence-corrected chi connectivity index (χ0v) is 25.1. The highest BCUT2D eigenvalue weighted by Crippen LogP contribution is 2.55. The molecule has 0 aliphatic carbocycles. The van der Waals surface area contributed by atoms with Gasteiger partial charge in [0.25, 0.3) is 0 Å². The molecule has 0 radical (unpaired) electrons. The maximum absolute atomic E-state index is 12.8. The van der Waals surface area contributed by atoms with E-state index >= 15 is 0 Å². The van der Waals surface area contributed by atoms with Crippen LogP contribution in [0.25, 0.3) is 0 Å².